The lowest BCUT2D eigenvalue weighted by molar-refractivity contribution is -0.139. The molecule has 9 heteroatoms. The largest absolute Gasteiger partial charge is 0.480 e. The Labute approximate surface area is 107 Å². The Kier molecular flexibility index (Phi) is 4.63. The van der Waals surface area contributed by atoms with Crippen molar-refractivity contribution in [3.63, 3.8) is 0 Å². The zero-order chi connectivity index (χ0) is 13.9. The number of hydrogen-bond acceptors (Lipinski definition) is 4. The Morgan fingerprint density at radius 2 is 2.11 bits per heavy atom. The molecule has 0 aliphatic carbocycles. The summed E-state index contributed by atoms with van der Waals surface area (Å²) >= 11 is 5.46. The van der Waals surface area contributed by atoms with Crippen LogP contribution in [0.15, 0.2) is 23.1 Å². The van der Waals surface area contributed by atoms with Gasteiger partial charge in [-0.1, -0.05) is 11.6 Å². The molecule has 1 aromatic carbocycles. The summed E-state index contributed by atoms with van der Waals surface area (Å²) in [4.78, 5) is 9.83. The van der Waals surface area contributed by atoms with E-state index in [1.165, 1.54) is 0 Å². The van der Waals surface area contributed by atoms with Crippen molar-refractivity contribution in [2.24, 2.45) is 0 Å². The van der Waals surface area contributed by atoms with Gasteiger partial charge in [-0.2, -0.15) is 4.72 Å². The molecule has 100 valence electrons. The van der Waals surface area contributed by atoms with Gasteiger partial charge in [-0.05, 0) is 18.2 Å². The fourth-order valence-electron chi connectivity index (χ4n) is 1.11. The zero-order valence-electron chi connectivity index (χ0n) is 8.80. The summed E-state index contributed by atoms with van der Waals surface area (Å²) in [5.74, 6) is -2.69. The number of aliphatic carboxylic acids is 1. The first-order valence-electron chi connectivity index (χ1n) is 4.59. The average Bonchev–Trinajstić information content (AvgIpc) is 2.24. The van der Waals surface area contributed by atoms with Gasteiger partial charge < -0.3 is 10.2 Å². The van der Waals surface area contributed by atoms with E-state index in [-0.39, 0.29) is 5.02 Å². The van der Waals surface area contributed by atoms with E-state index >= 15 is 0 Å². The molecule has 1 rings (SSSR count). The number of hydrogen-bond donors (Lipinski definition) is 3. The summed E-state index contributed by atoms with van der Waals surface area (Å²) in [5, 5.41) is 17.3. The Morgan fingerprint density at radius 1 is 1.50 bits per heavy atom. The molecule has 6 nitrogen and oxygen atoms in total. The van der Waals surface area contributed by atoms with Crippen molar-refractivity contribution < 1.29 is 27.8 Å². The van der Waals surface area contributed by atoms with E-state index in [1.807, 2.05) is 0 Å². The summed E-state index contributed by atoms with van der Waals surface area (Å²) in [5.41, 5.74) is 0. The lowest BCUT2D eigenvalue weighted by atomic mass is 10.3. The fraction of sp³-hybridized carbons (Fsp3) is 0.222. The van der Waals surface area contributed by atoms with Crippen LogP contribution in [-0.4, -0.2) is 37.2 Å². The van der Waals surface area contributed by atoms with E-state index in [2.05, 4.69) is 0 Å². The van der Waals surface area contributed by atoms with E-state index in [0.717, 1.165) is 18.2 Å². The second kappa shape index (κ2) is 5.61. The number of carboxylic acid groups (broad SMARTS) is 1. The van der Waals surface area contributed by atoms with Gasteiger partial charge in [0.25, 0.3) is 0 Å². The number of sulfonamides is 1. The number of carboxylic acids is 1. The molecule has 0 aromatic heterocycles. The van der Waals surface area contributed by atoms with Crippen LogP contribution in [0.25, 0.3) is 0 Å². The molecular formula is C9H9ClFNO5S. The Balaban J connectivity index is 3.10. The zero-order valence-corrected chi connectivity index (χ0v) is 10.4. The lowest BCUT2D eigenvalue weighted by Gasteiger charge is -2.12. The van der Waals surface area contributed by atoms with Crippen molar-refractivity contribution >= 4 is 27.6 Å². The quantitative estimate of drug-likeness (QED) is 0.720. The maximum absolute atomic E-state index is 13.4. The minimum absolute atomic E-state index is 0.00314. The van der Waals surface area contributed by atoms with E-state index in [1.54, 1.807) is 4.72 Å². The minimum atomic E-state index is -4.39. The maximum Gasteiger partial charge on any atom is 0.324 e. The monoisotopic (exact) mass is 297 g/mol. The van der Waals surface area contributed by atoms with Gasteiger partial charge >= 0.3 is 5.97 Å². The van der Waals surface area contributed by atoms with Crippen LogP contribution >= 0.6 is 11.6 Å². The molecule has 0 saturated heterocycles. The van der Waals surface area contributed by atoms with Crippen molar-refractivity contribution in [1.82, 2.24) is 4.72 Å². The average molecular weight is 298 g/mol. The molecule has 1 atom stereocenters. The lowest BCUT2D eigenvalue weighted by Crippen LogP contribution is -2.43. The van der Waals surface area contributed by atoms with Crippen LogP contribution in [-0.2, 0) is 14.8 Å². The molecule has 0 saturated carbocycles. The molecule has 0 fully saturated rings. The van der Waals surface area contributed by atoms with Crippen LogP contribution in [0, 0.1) is 5.82 Å². The summed E-state index contributed by atoms with van der Waals surface area (Å²) in [6.07, 6.45) is 0. The summed E-state index contributed by atoms with van der Waals surface area (Å²) in [6, 6.07) is 1.08. The number of nitrogens with one attached hydrogen (secondary N) is 1. The van der Waals surface area contributed by atoms with Gasteiger partial charge in [-0.15, -0.1) is 0 Å². The molecule has 1 aromatic rings. The number of benzene rings is 1. The number of aliphatic hydroxyl groups excluding tert-OH is 1. The van der Waals surface area contributed by atoms with Crippen molar-refractivity contribution in [3.8, 4) is 0 Å². The standard InChI is InChI=1S/C9H9ClFNO5S/c10-5-1-2-8(6(11)3-5)18(16,17)12-7(4-13)9(14)15/h1-3,7,12-13H,4H2,(H,14,15). The molecule has 0 spiro atoms. The second-order valence-corrected chi connectivity index (χ2v) is 5.39. The van der Waals surface area contributed by atoms with E-state index in [4.69, 9.17) is 21.8 Å². The highest BCUT2D eigenvalue weighted by atomic mass is 35.5. The maximum atomic E-state index is 13.4. The van der Waals surface area contributed by atoms with Gasteiger partial charge in [-0.25, -0.2) is 12.8 Å². The first-order valence-corrected chi connectivity index (χ1v) is 6.45. The van der Waals surface area contributed by atoms with Gasteiger partial charge in [0, 0.05) is 5.02 Å². The molecular weight excluding hydrogens is 289 g/mol. The van der Waals surface area contributed by atoms with Gasteiger partial charge in [-0.3, -0.25) is 4.79 Å². The predicted molar refractivity (Wildman–Crippen MR) is 60.2 cm³/mol. The van der Waals surface area contributed by atoms with Crippen molar-refractivity contribution in [2.75, 3.05) is 6.61 Å². The first-order chi connectivity index (χ1) is 8.27. The fourth-order valence-corrected chi connectivity index (χ4v) is 2.51. The minimum Gasteiger partial charge on any atom is -0.480 e. The highest BCUT2D eigenvalue weighted by Gasteiger charge is 2.26. The number of rotatable bonds is 5. The molecule has 3 N–H and O–H groups in total. The van der Waals surface area contributed by atoms with Gasteiger partial charge in [0.15, 0.2) is 0 Å². The highest BCUT2D eigenvalue weighted by molar-refractivity contribution is 7.89. The molecule has 0 radical (unpaired) electrons. The van der Waals surface area contributed by atoms with Crippen molar-refractivity contribution in [2.45, 2.75) is 10.9 Å². The normalized spacial score (nSPS) is 13.3. The number of aliphatic hydroxyl groups is 1. The molecule has 0 aliphatic rings. The van der Waals surface area contributed by atoms with Crippen LogP contribution in [0.3, 0.4) is 0 Å². The molecule has 18 heavy (non-hydrogen) atoms. The summed E-state index contributed by atoms with van der Waals surface area (Å²) in [7, 11) is -4.39. The smallest absolute Gasteiger partial charge is 0.324 e. The number of halogens is 2. The molecule has 1 unspecified atom stereocenters. The van der Waals surface area contributed by atoms with Crippen LogP contribution in [0.2, 0.25) is 5.02 Å². The topological polar surface area (TPSA) is 104 Å². The first kappa shape index (κ1) is 14.8. The summed E-state index contributed by atoms with van der Waals surface area (Å²) in [6.45, 7) is -0.955. The van der Waals surface area contributed by atoms with E-state index < -0.39 is 39.4 Å². The third kappa shape index (κ3) is 3.39. The molecule has 0 aliphatic heterocycles. The molecule has 0 heterocycles. The van der Waals surface area contributed by atoms with Crippen LogP contribution in [0.1, 0.15) is 0 Å². The van der Waals surface area contributed by atoms with Crippen molar-refractivity contribution in [3.05, 3.63) is 29.0 Å². The van der Waals surface area contributed by atoms with E-state index in [0.29, 0.717) is 0 Å². The van der Waals surface area contributed by atoms with Crippen LogP contribution in [0.5, 0.6) is 0 Å². The van der Waals surface area contributed by atoms with Crippen LogP contribution < -0.4 is 4.72 Å². The van der Waals surface area contributed by atoms with Gasteiger partial charge in [0.1, 0.15) is 16.8 Å². The third-order valence-corrected chi connectivity index (χ3v) is 3.70. The Bertz CT molecular complexity index is 562. The van der Waals surface area contributed by atoms with Crippen LogP contribution in [0.4, 0.5) is 4.39 Å². The van der Waals surface area contributed by atoms with Gasteiger partial charge in [0.2, 0.25) is 10.0 Å². The molecule has 0 amide bonds. The Hall–Kier alpha value is -1.22. The van der Waals surface area contributed by atoms with Gasteiger partial charge in [0.05, 0.1) is 6.61 Å². The third-order valence-electron chi connectivity index (χ3n) is 1.96. The molecule has 0 bridgehead atoms. The van der Waals surface area contributed by atoms with Crippen molar-refractivity contribution in [1.29, 1.82) is 0 Å². The Morgan fingerprint density at radius 3 is 2.56 bits per heavy atom. The number of carbonyl (C=O) groups is 1. The van der Waals surface area contributed by atoms with E-state index in [9.17, 15) is 17.6 Å². The second-order valence-electron chi connectivity index (χ2n) is 3.27. The highest BCUT2D eigenvalue weighted by Crippen LogP contribution is 2.19. The SMILES string of the molecule is O=C(O)C(CO)NS(=O)(=O)c1ccc(Cl)cc1F. The summed E-state index contributed by atoms with van der Waals surface area (Å²) < 4.78 is 38.4. The predicted octanol–water partition coefficient (Wildman–Crippen LogP) is 0.203.